The third kappa shape index (κ3) is 13.7. The van der Waals surface area contributed by atoms with Crippen LogP contribution >= 0.6 is 34.0 Å². The molecule has 0 fully saturated rings. The van der Waals surface area contributed by atoms with E-state index in [0.717, 1.165) is 87.0 Å². The van der Waals surface area contributed by atoms with Gasteiger partial charge in [-0.3, -0.25) is 9.11 Å². The number of aromatic carboxylic acids is 4. The molecule has 0 unspecified atom stereocenters. The molecule has 6 aromatic carbocycles. The van der Waals surface area contributed by atoms with Crippen molar-refractivity contribution < 1.29 is 65.5 Å². The first-order valence-corrected chi connectivity index (χ1v) is 29.3. The van der Waals surface area contributed by atoms with Crippen molar-refractivity contribution in [3.63, 3.8) is 0 Å². The highest BCUT2D eigenvalue weighted by Gasteiger charge is 2.20. The van der Waals surface area contributed by atoms with Gasteiger partial charge in [0.2, 0.25) is 0 Å². The molecule has 3 aliphatic carbocycles. The van der Waals surface area contributed by atoms with E-state index in [2.05, 4.69) is 29.9 Å². The molecule has 21 nitrogen and oxygen atoms in total. The van der Waals surface area contributed by atoms with E-state index in [4.69, 9.17) is 5.11 Å². The van der Waals surface area contributed by atoms with E-state index in [1.54, 1.807) is 53.0 Å². The summed E-state index contributed by atoms with van der Waals surface area (Å²) in [5.74, 6) is -5.09. The van der Waals surface area contributed by atoms with Crippen LogP contribution in [0.1, 0.15) is 41.4 Å². The number of hydrogen-bond acceptors (Lipinski definition) is 18. The lowest BCUT2D eigenvalue weighted by Crippen LogP contribution is -2.22. The maximum absolute atomic E-state index is 11.6. The summed E-state index contributed by atoms with van der Waals surface area (Å²) >= 11 is 4.62. The maximum atomic E-state index is 11.6. The number of rotatable bonds is 9. The van der Waals surface area contributed by atoms with Crippen LogP contribution in [0.2, 0.25) is 0 Å². The Morgan fingerprint density at radius 3 is 1.13 bits per heavy atom. The molecule has 0 spiro atoms. The third-order valence-corrected chi connectivity index (χ3v) is 17.0. The molecular weight excluding hydrogens is 1180 g/mol. The van der Waals surface area contributed by atoms with Gasteiger partial charge < -0.3 is 31.4 Å². The number of aromatic nitrogens is 3. The summed E-state index contributed by atoms with van der Waals surface area (Å²) in [6, 6.07) is 49.2. The Morgan fingerprint density at radius 1 is 0.417 bits per heavy atom. The summed E-state index contributed by atoms with van der Waals surface area (Å²) in [7, 11) is -9.25. The maximum Gasteiger partial charge on any atom is 0.335 e. The molecule has 3 aliphatic heterocycles. The van der Waals surface area contributed by atoms with Crippen LogP contribution < -0.4 is 27.3 Å². The van der Waals surface area contributed by atoms with Crippen molar-refractivity contribution in [1.29, 1.82) is 0 Å². The molecule has 0 bridgehead atoms. The van der Waals surface area contributed by atoms with Gasteiger partial charge >= 0.3 is 17.9 Å². The fraction of sp³-hybridized carbons (Fsp3) is 0. The standard InChI is InChI=1S/2C20H12N2O4S.C18H12N2O6S3.H3N/c2*23-19(24)11-7-12(20(25)26)9-14(8-11)21-13-5-6-16-18(10-13)27-17-4-2-1-3-15(17)22-16;21-28(22,23)12-6-8-18(29(24,25)26)15(10-12)19-11-5-7-14-17(9-11)27-16-4-2-1-3-13(16)20-14;/h2*1-10H,(H,23,24)(H,25,26);1-10H,(H,21,22,23)(H,24,25,26);1H3. The number of carboxylic acid groups (broad SMARTS) is 4. The fourth-order valence-electron chi connectivity index (χ4n) is 8.13. The van der Waals surface area contributed by atoms with E-state index in [1.807, 2.05) is 97.1 Å². The van der Waals surface area contributed by atoms with Gasteiger partial charge in [0.15, 0.2) is 0 Å². The van der Waals surface area contributed by atoms with Gasteiger partial charge in [0, 0.05) is 5.56 Å². The summed E-state index contributed by atoms with van der Waals surface area (Å²) in [5, 5.41) is 40.1. The van der Waals surface area contributed by atoms with Crippen molar-refractivity contribution in [2.75, 3.05) is 0 Å². The summed E-state index contributed by atoms with van der Waals surface area (Å²) in [6.45, 7) is 0. The summed E-state index contributed by atoms with van der Waals surface area (Å²) in [5.41, 5.74) is 4.59. The molecule has 3 heterocycles. The van der Waals surface area contributed by atoms with Crippen LogP contribution in [0.15, 0.2) is 207 Å². The number of carbonyl (C=O) groups is 4. The largest absolute Gasteiger partial charge is 0.545 e. The normalized spacial score (nSPS) is 12.1. The molecule has 12 rings (SSSR count). The van der Waals surface area contributed by atoms with Gasteiger partial charge in [-0.2, -0.15) is 16.8 Å². The molecule has 6 aromatic rings. The number of hydrogen-bond donors (Lipinski definition) is 6. The monoisotopic (exact) mass is 1220 g/mol. The minimum atomic E-state index is -4.67. The number of para-hydroxylation sites is 3. The van der Waals surface area contributed by atoms with Crippen molar-refractivity contribution in [2.45, 2.75) is 9.79 Å². The molecule has 0 radical (unpaired) electrons. The Balaban J connectivity index is 0.000000150. The lowest BCUT2D eigenvalue weighted by molar-refractivity contribution is -0.255. The predicted octanol–water partition coefficient (Wildman–Crippen LogP) is 10.2. The Morgan fingerprint density at radius 2 is 0.774 bits per heavy atom. The summed E-state index contributed by atoms with van der Waals surface area (Å²) in [6.07, 6.45) is 0. The number of carboxylic acids is 4. The lowest BCUT2D eigenvalue weighted by atomic mass is 10.1. The summed E-state index contributed by atoms with van der Waals surface area (Å²) < 4.78 is 67.7. The van der Waals surface area contributed by atoms with Gasteiger partial charge in [0.1, 0.15) is 4.90 Å². The lowest BCUT2D eigenvalue weighted by Gasteiger charge is -2.07. The molecule has 6 aliphatic rings. The minimum Gasteiger partial charge on any atom is -0.545 e. The average molecular weight is 1220 g/mol. The first-order chi connectivity index (χ1) is 39.6. The van der Waals surface area contributed by atoms with Gasteiger partial charge in [-0.25, -0.2) is 44.3 Å². The highest BCUT2D eigenvalue weighted by atomic mass is 32.2. The number of carbonyl (C=O) groups excluding carboxylic acids is 1. The highest BCUT2D eigenvalue weighted by molar-refractivity contribution is 7.86. The Kier molecular flexibility index (Phi) is 17.0. The van der Waals surface area contributed by atoms with E-state index < -0.39 is 53.9 Å². The number of nitrogens with zero attached hydrogens (tertiary/aromatic N) is 6. The van der Waals surface area contributed by atoms with Gasteiger partial charge in [-0.15, -0.1) is 34.0 Å². The average Bonchev–Trinajstić information content (AvgIpc) is 2.35. The second-order valence-corrected chi connectivity index (χ2v) is 23.7. The molecule has 420 valence electrons. The van der Waals surface area contributed by atoms with Crippen LogP contribution in [0.5, 0.6) is 0 Å². The van der Waals surface area contributed by atoms with Gasteiger partial charge in [-0.1, -0.05) is 36.4 Å². The van der Waals surface area contributed by atoms with Crippen LogP contribution in [0.25, 0.3) is 62.4 Å². The molecule has 26 heteroatoms. The molecule has 9 N–H and O–H groups in total. The minimum absolute atomic E-state index is 0. The molecule has 0 saturated carbocycles. The van der Waals surface area contributed by atoms with Gasteiger partial charge in [0.25, 0.3) is 20.2 Å². The van der Waals surface area contributed by atoms with E-state index in [1.165, 1.54) is 35.6 Å². The fourth-order valence-corrected chi connectivity index (χ4v) is 12.2. The van der Waals surface area contributed by atoms with Gasteiger partial charge in [-0.05, 0) is 146 Å². The SMILES string of the molecule is O=C(O)c1cc(N=c2ccc3nc4ccccc4sc-3c2)cc(C(=O)O)c1.O=C([O-])c1cc(N=c2ccc3nc4ccccc4sc-3c2)cc(C(=O)O)c1.O=S(=O)(O)c1ccc(S(=O)(=O)O)c(N=c2ccc3nc4ccccc4sc-3c2)c1.[NH4+]. The van der Waals surface area contributed by atoms with Crippen LogP contribution in [-0.4, -0.2) is 80.1 Å². The van der Waals surface area contributed by atoms with Crippen molar-refractivity contribution >= 4 is 126 Å². The molecular formula is C58H39N7O14S5. The zero-order valence-corrected chi connectivity index (χ0v) is 47.0. The van der Waals surface area contributed by atoms with Gasteiger partial charge in [0.05, 0.1) is 123 Å². The van der Waals surface area contributed by atoms with Crippen LogP contribution in [0, 0.1) is 0 Å². The quantitative estimate of drug-likeness (QED) is 0.0578. The number of quaternary nitrogens is 1. The van der Waals surface area contributed by atoms with E-state index >= 15 is 0 Å². The van der Waals surface area contributed by atoms with Crippen molar-refractivity contribution in [3.8, 4) is 31.7 Å². The second-order valence-electron chi connectivity index (χ2n) is 17.7. The summed E-state index contributed by atoms with van der Waals surface area (Å²) in [4.78, 5) is 73.1. The number of benzene rings is 9. The van der Waals surface area contributed by atoms with E-state index in [0.29, 0.717) is 21.8 Å². The van der Waals surface area contributed by atoms with Crippen molar-refractivity contribution in [1.82, 2.24) is 21.1 Å². The van der Waals surface area contributed by atoms with E-state index in [-0.39, 0.29) is 45.5 Å². The molecule has 0 saturated heterocycles. The van der Waals surface area contributed by atoms with Crippen LogP contribution in [0.3, 0.4) is 0 Å². The highest BCUT2D eigenvalue weighted by Crippen LogP contribution is 2.33. The van der Waals surface area contributed by atoms with Crippen LogP contribution in [0.4, 0.5) is 17.1 Å². The smallest absolute Gasteiger partial charge is 0.335 e. The van der Waals surface area contributed by atoms with E-state index in [9.17, 15) is 60.4 Å². The first-order valence-electron chi connectivity index (χ1n) is 23.9. The Hall–Kier alpha value is -9.90. The molecule has 0 aromatic heterocycles. The van der Waals surface area contributed by atoms with Crippen molar-refractivity contribution in [2.24, 2.45) is 15.0 Å². The first kappa shape index (κ1) is 58.7. The third-order valence-electron chi connectivity index (χ3n) is 11.9. The molecule has 0 amide bonds. The van der Waals surface area contributed by atoms with Crippen molar-refractivity contribution in [3.05, 3.63) is 220 Å². The van der Waals surface area contributed by atoms with Crippen LogP contribution in [-0.2, 0) is 20.2 Å². The zero-order chi connectivity index (χ0) is 58.7. The number of fused-ring (bicyclic) bond motifs is 6. The Labute approximate surface area is 486 Å². The topological polar surface area (TPSA) is 373 Å². The second kappa shape index (κ2) is 24.3. The predicted molar refractivity (Wildman–Crippen MR) is 315 cm³/mol. The molecule has 84 heavy (non-hydrogen) atoms. The Bertz CT molecular complexity index is 4730. The zero-order valence-electron chi connectivity index (χ0n) is 43.0. The molecule has 0 atom stereocenters.